The molecule has 1 aliphatic heterocycles. The Hall–Kier alpha value is -1.50. The largest absolute Gasteiger partial charge is 0.494 e. The summed E-state index contributed by atoms with van der Waals surface area (Å²) in [7, 11) is 1.45. The third-order valence-electron chi connectivity index (χ3n) is 3.31. The summed E-state index contributed by atoms with van der Waals surface area (Å²) in [5.41, 5.74) is 6.42. The number of ether oxygens (including phenoxy) is 1. The molecule has 1 saturated heterocycles. The lowest BCUT2D eigenvalue weighted by Gasteiger charge is -2.15. The molecule has 2 rings (SSSR count). The number of amides is 1. The summed E-state index contributed by atoms with van der Waals surface area (Å²) >= 11 is 5.92. The van der Waals surface area contributed by atoms with Crippen LogP contribution in [0.4, 0.5) is 5.69 Å². The molecule has 0 radical (unpaired) electrons. The highest BCUT2D eigenvalue weighted by atomic mass is 35.5. The van der Waals surface area contributed by atoms with Crippen molar-refractivity contribution in [2.45, 2.75) is 18.5 Å². The van der Waals surface area contributed by atoms with Gasteiger partial charge in [0.1, 0.15) is 0 Å². The predicted molar refractivity (Wildman–Crippen MR) is 77.2 cm³/mol. The van der Waals surface area contributed by atoms with E-state index in [1.54, 1.807) is 0 Å². The smallest absolute Gasteiger partial charge is 0.255 e. The molecular formula is C13H18ClN3O3. The van der Waals surface area contributed by atoms with Gasteiger partial charge in [0.25, 0.3) is 5.91 Å². The number of halogens is 1. The van der Waals surface area contributed by atoms with Crippen LogP contribution in [0.25, 0.3) is 0 Å². The third kappa shape index (κ3) is 3.15. The highest BCUT2D eigenvalue weighted by molar-refractivity contribution is 6.31. The standard InChI is InChI=1S/C13H18ClN3O3/c1-20-12-10(2-7(14)3-11(12)15)13(19)17-8-4-9(6-18)16-5-8/h2-3,8-9,16,18H,4-6,15H2,1H3,(H,17,19)/t8-,9-/m0/s1. The van der Waals surface area contributed by atoms with Crippen LogP contribution in [0.2, 0.25) is 5.02 Å². The van der Waals surface area contributed by atoms with Gasteiger partial charge in [-0.25, -0.2) is 0 Å². The van der Waals surface area contributed by atoms with E-state index >= 15 is 0 Å². The molecule has 1 aromatic carbocycles. The Morgan fingerprint density at radius 2 is 2.40 bits per heavy atom. The summed E-state index contributed by atoms with van der Waals surface area (Å²) in [4.78, 5) is 12.3. The number of methoxy groups -OCH3 is 1. The van der Waals surface area contributed by atoms with E-state index in [-0.39, 0.29) is 24.6 Å². The molecular weight excluding hydrogens is 282 g/mol. The first-order valence-corrected chi connectivity index (χ1v) is 6.71. The van der Waals surface area contributed by atoms with Crippen molar-refractivity contribution in [2.75, 3.05) is 26.0 Å². The Morgan fingerprint density at radius 3 is 3.00 bits per heavy atom. The molecule has 0 unspecified atom stereocenters. The predicted octanol–water partition coefficient (Wildman–Crippen LogP) is 0.383. The van der Waals surface area contributed by atoms with Gasteiger partial charge in [-0.15, -0.1) is 0 Å². The Bertz CT molecular complexity index is 510. The number of hydrogen-bond acceptors (Lipinski definition) is 5. The average molecular weight is 300 g/mol. The van der Waals surface area contributed by atoms with Gasteiger partial charge in [0.05, 0.1) is 25.0 Å². The van der Waals surface area contributed by atoms with E-state index in [1.165, 1.54) is 19.2 Å². The van der Waals surface area contributed by atoms with Crippen LogP contribution in [0.3, 0.4) is 0 Å². The SMILES string of the molecule is COc1c(N)cc(Cl)cc1C(=O)N[C@@H]1CN[C@H](CO)C1. The fourth-order valence-corrected chi connectivity index (χ4v) is 2.57. The van der Waals surface area contributed by atoms with Crippen molar-refractivity contribution in [1.29, 1.82) is 0 Å². The Balaban J connectivity index is 2.13. The summed E-state index contributed by atoms with van der Waals surface area (Å²) in [6.45, 7) is 0.676. The second kappa shape index (κ2) is 6.30. The maximum absolute atomic E-state index is 12.3. The molecule has 110 valence electrons. The van der Waals surface area contributed by atoms with Gasteiger partial charge in [-0.1, -0.05) is 11.6 Å². The molecule has 7 heteroatoms. The molecule has 0 spiro atoms. The molecule has 0 saturated carbocycles. The molecule has 0 aromatic heterocycles. The highest BCUT2D eigenvalue weighted by Gasteiger charge is 2.26. The average Bonchev–Trinajstić information content (AvgIpc) is 2.85. The lowest BCUT2D eigenvalue weighted by atomic mass is 10.1. The molecule has 20 heavy (non-hydrogen) atoms. The van der Waals surface area contributed by atoms with Crippen LogP contribution < -0.4 is 21.1 Å². The number of aliphatic hydroxyl groups is 1. The van der Waals surface area contributed by atoms with Gasteiger partial charge in [0.15, 0.2) is 5.75 Å². The number of benzene rings is 1. The van der Waals surface area contributed by atoms with Crippen molar-refractivity contribution in [3.05, 3.63) is 22.7 Å². The minimum atomic E-state index is -0.290. The summed E-state index contributed by atoms with van der Waals surface area (Å²) in [5.74, 6) is 0.0259. The number of carbonyl (C=O) groups excluding carboxylic acids is 1. The maximum atomic E-state index is 12.3. The molecule has 1 heterocycles. The van der Waals surface area contributed by atoms with Gasteiger partial charge < -0.3 is 26.2 Å². The van der Waals surface area contributed by atoms with E-state index in [4.69, 9.17) is 27.2 Å². The minimum Gasteiger partial charge on any atom is -0.494 e. The Morgan fingerprint density at radius 1 is 1.65 bits per heavy atom. The van der Waals surface area contributed by atoms with Crippen molar-refractivity contribution >= 4 is 23.2 Å². The summed E-state index contributed by atoms with van der Waals surface area (Å²) in [6, 6.07) is 3.05. The van der Waals surface area contributed by atoms with E-state index in [1.807, 2.05) is 0 Å². The van der Waals surface area contributed by atoms with Gasteiger partial charge >= 0.3 is 0 Å². The van der Waals surface area contributed by atoms with Crippen molar-refractivity contribution in [3.8, 4) is 5.75 Å². The van der Waals surface area contributed by atoms with Crippen molar-refractivity contribution in [3.63, 3.8) is 0 Å². The lowest BCUT2D eigenvalue weighted by Crippen LogP contribution is -2.36. The summed E-state index contributed by atoms with van der Waals surface area (Å²) in [5, 5.41) is 15.4. The normalized spacial score (nSPS) is 21.8. The van der Waals surface area contributed by atoms with E-state index in [2.05, 4.69) is 10.6 Å². The van der Waals surface area contributed by atoms with Gasteiger partial charge in [-0.05, 0) is 18.6 Å². The zero-order valence-corrected chi connectivity index (χ0v) is 11.9. The fraction of sp³-hybridized carbons (Fsp3) is 0.462. The molecule has 1 aromatic rings. The van der Waals surface area contributed by atoms with Gasteiger partial charge in [-0.3, -0.25) is 4.79 Å². The van der Waals surface area contributed by atoms with Crippen LogP contribution in [0.5, 0.6) is 5.75 Å². The zero-order valence-electron chi connectivity index (χ0n) is 11.1. The van der Waals surface area contributed by atoms with Crippen LogP contribution >= 0.6 is 11.6 Å². The monoisotopic (exact) mass is 299 g/mol. The fourth-order valence-electron chi connectivity index (χ4n) is 2.34. The number of nitrogens with one attached hydrogen (secondary N) is 2. The number of nitrogens with two attached hydrogens (primary N) is 1. The molecule has 1 aliphatic rings. The van der Waals surface area contributed by atoms with Crippen molar-refractivity contribution in [2.24, 2.45) is 0 Å². The highest BCUT2D eigenvalue weighted by Crippen LogP contribution is 2.30. The number of nitrogen functional groups attached to an aromatic ring is 1. The first-order valence-electron chi connectivity index (χ1n) is 6.33. The van der Waals surface area contributed by atoms with Crippen LogP contribution in [0, 0.1) is 0 Å². The van der Waals surface area contributed by atoms with Crippen LogP contribution in [0.1, 0.15) is 16.8 Å². The van der Waals surface area contributed by atoms with Gasteiger partial charge in [0.2, 0.25) is 0 Å². The number of carbonyl (C=O) groups is 1. The third-order valence-corrected chi connectivity index (χ3v) is 3.53. The first-order chi connectivity index (χ1) is 9.55. The van der Waals surface area contributed by atoms with E-state index in [0.717, 1.165) is 0 Å². The topological polar surface area (TPSA) is 96.6 Å². The molecule has 1 fully saturated rings. The molecule has 2 atom stereocenters. The van der Waals surface area contributed by atoms with Gasteiger partial charge in [0, 0.05) is 23.7 Å². The van der Waals surface area contributed by atoms with Gasteiger partial charge in [-0.2, -0.15) is 0 Å². The Kier molecular flexibility index (Phi) is 4.69. The van der Waals surface area contributed by atoms with Crippen molar-refractivity contribution < 1.29 is 14.6 Å². The van der Waals surface area contributed by atoms with Crippen LogP contribution in [-0.2, 0) is 0 Å². The molecule has 1 amide bonds. The van der Waals surface area contributed by atoms with E-state index in [9.17, 15) is 4.79 Å². The quantitative estimate of drug-likeness (QED) is 0.603. The second-order valence-electron chi connectivity index (χ2n) is 4.77. The summed E-state index contributed by atoms with van der Waals surface area (Å²) < 4.78 is 5.16. The maximum Gasteiger partial charge on any atom is 0.255 e. The van der Waals surface area contributed by atoms with E-state index < -0.39 is 0 Å². The number of rotatable bonds is 4. The molecule has 6 nitrogen and oxygen atoms in total. The van der Waals surface area contributed by atoms with Crippen molar-refractivity contribution in [1.82, 2.24) is 10.6 Å². The van der Waals surface area contributed by atoms with Crippen LogP contribution in [-0.4, -0.2) is 43.4 Å². The minimum absolute atomic E-state index is 0.0200. The Labute approximate surface area is 122 Å². The first kappa shape index (κ1) is 14.9. The van der Waals surface area contributed by atoms with Crippen LogP contribution in [0.15, 0.2) is 12.1 Å². The molecule has 5 N–H and O–H groups in total. The number of anilines is 1. The lowest BCUT2D eigenvalue weighted by molar-refractivity contribution is 0.0936. The molecule has 0 bridgehead atoms. The second-order valence-corrected chi connectivity index (χ2v) is 5.21. The molecule has 0 aliphatic carbocycles. The number of aliphatic hydroxyl groups excluding tert-OH is 1. The van der Waals surface area contributed by atoms with E-state index in [0.29, 0.717) is 35.0 Å². The zero-order chi connectivity index (χ0) is 14.7. The summed E-state index contributed by atoms with van der Waals surface area (Å²) in [6.07, 6.45) is 0.681. The number of hydrogen-bond donors (Lipinski definition) is 4.